The Labute approximate surface area is 100 Å². The first-order chi connectivity index (χ1) is 7.64. The zero-order valence-electron chi connectivity index (χ0n) is 9.32. The Morgan fingerprint density at radius 2 is 1.35 bits per heavy atom. The van der Waals surface area contributed by atoms with Gasteiger partial charge in [-0.2, -0.15) is 0 Å². The van der Waals surface area contributed by atoms with E-state index in [1.807, 2.05) is 0 Å². The van der Waals surface area contributed by atoms with Gasteiger partial charge in [0.25, 0.3) is 0 Å². The van der Waals surface area contributed by atoms with Gasteiger partial charge in [-0.05, 0) is 0 Å². The summed E-state index contributed by atoms with van der Waals surface area (Å²) in [5, 5.41) is 0. The molecule has 1 rings (SSSR count). The predicted octanol–water partition coefficient (Wildman–Crippen LogP) is 0.285. The van der Waals surface area contributed by atoms with Gasteiger partial charge in [0.15, 0.2) is 25.5 Å². The Bertz CT molecular complexity index is 582. The number of hydrogen-bond acceptors (Lipinski definition) is 5. The lowest BCUT2D eigenvalue weighted by Crippen LogP contribution is -2.36. The second-order valence-electron chi connectivity index (χ2n) is 3.72. The maximum atomic E-state index is 11.9. The molecule has 0 amide bonds. The number of hydrogen-bond donors (Lipinski definition) is 0. The van der Waals surface area contributed by atoms with Crippen molar-refractivity contribution in [2.45, 2.75) is 4.58 Å². The van der Waals surface area contributed by atoms with Crippen LogP contribution in [0.1, 0.15) is 10.4 Å². The molecule has 0 saturated carbocycles. The van der Waals surface area contributed by atoms with Crippen LogP contribution in [0.4, 0.5) is 0 Å². The summed E-state index contributed by atoms with van der Waals surface area (Å²) in [5.41, 5.74) is 0.0633. The van der Waals surface area contributed by atoms with Crippen molar-refractivity contribution >= 4 is 25.5 Å². The minimum atomic E-state index is -4.01. The highest BCUT2D eigenvalue weighted by Gasteiger charge is 2.38. The molecule has 0 unspecified atom stereocenters. The van der Waals surface area contributed by atoms with Gasteiger partial charge in [0.1, 0.15) is 0 Å². The van der Waals surface area contributed by atoms with E-state index >= 15 is 0 Å². The van der Waals surface area contributed by atoms with Gasteiger partial charge < -0.3 is 0 Å². The highest BCUT2D eigenvalue weighted by molar-refractivity contribution is 8.09. The summed E-state index contributed by atoms with van der Waals surface area (Å²) in [6.45, 7) is 0. The molecular formula is C10H12O5S2. The Kier molecular flexibility index (Phi) is 3.73. The average Bonchev–Trinajstić information content (AvgIpc) is 2.14. The van der Waals surface area contributed by atoms with Crippen molar-refractivity contribution in [3.05, 3.63) is 35.9 Å². The van der Waals surface area contributed by atoms with E-state index < -0.39 is 30.0 Å². The molecule has 0 heterocycles. The number of benzene rings is 1. The summed E-state index contributed by atoms with van der Waals surface area (Å²) in [6, 6.07) is 7.48. The molecule has 0 atom stereocenters. The van der Waals surface area contributed by atoms with Crippen molar-refractivity contribution < 1.29 is 21.6 Å². The Morgan fingerprint density at radius 1 is 0.941 bits per heavy atom. The first kappa shape index (κ1) is 13.9. The monoisotopic (exact) mass is 276 g/mol. The molecule has 1 aromatic rings. The molecule has 0 saturated heterocycles. The predicted molar refractivity (Wildman–Crippen MR) is 64.2 cm³/mol. The molecule has 0 fully saturated rings. The van der Waals surface area contributed by atoms with E-state index in [-0.39, 0.29) is 5.56 Å². The van der Waals surface area contributed by atoms with Gasteiger partial charge in [-0.15, -0.1) is 0 Å². The Morgan fingerprint density at radius 3 is 1.71 bits per heavy atom. The van der Waals surface area contributed by atoms with Crippen molar-refractivity contribution in [3.63, 3.8) is 0 Å². The first-order valence-electron chi connectivity index (χ1n) is 4.61. The SMILES string of the molecule is CS(=O)(=O)C(C(=O)c1ccccc1)S(C)(=O)=O. The molecule has 0 aromatic heterocycles. The minimum absolute atomic E-state index is 0.0633. The van der Waals surface area contributed by atoms with Gasteiger partial charge in [0, 0.05) is 18.1 Å². The molecule has 5 nitrogen and oxygen atoms in total. The van der Waals surface area contributed by atoms with Gasteiger partial charge >= 0.3 is 0 Å². The van der Waals surface area contributed by atoms with Crippen LogP contribution in [0, 0.1) is 0 Å². The fourth-order valence-corrected chi connectivity index (χ4v) is 5.03. The second-order valence-corrected chi connectivity index (χ2v) is 8.28. The molecule has 1 aromatic carbocycles. The standard InChI is InChI=1S/C10H12O5S2/c1-16(12,13)10(17(2,14)15)9(11)8-6-4-3-5-7-8/h3-7,10H,1-2H3. The van der Waals surface area contributed by atoms with Gasteiger partial charge in [0.2, 0.25) is 4.58 Å². The van der Waals surface area contributed by atoms with E-state index in [4.69, 9.17) is 0 Å². The molecule has 0 spiro atoms. The number of sulfone groups is 2. The molecule has 0 aliphatic rings. The van der Waals surface area contributed by atoms with E-state index in [0.717, 1.165) is 12.5 Å². The summed E-state index contributed by atoms with van der Waals surface area (Å²) < 4.78 is 43.5. The zero-order valence-corrected chi connectivity index (χ0v) is 11.0. The third-order valence-corrected chi connectivity index (χ3v) is 6.13. The Balaban J connectivity index is 3.34. The van der Waals surface area contributed by atoms with Gasteiger partial charge in [-0.1, -0.05) is 30.3 Å². The van der Waals surface area contributed by atoms with Crippen molar-refractivity contribution in [2.24, 2.45) is 0 Å². The normalized spacial score (nSPS) is 12.6. The maximum absolute atomic E-state index is 11.9. The summed E-state index contributed by atoms with van der Waals surface area (Å²) >= 11 is 0. The lowest BCUT2D eigenvalue weighted by molar-refractivity contribution is 0.101. The summed E-state index contributed by atoms with van der Waals surface area (Å²) in [7, 11) is -8.02. The highest BCUT2D eigenvalue weighted by atomic mass is 32.3. The number of ketones is 1. The van der Waals surface area contributed by atoms with Crippen molar-refractivity contribution in [3.8, 4) is 0 Å². The highest BCUT2D eigenvalue weighted by Crippen LogP contribution is 2.14. The van der Waals surface area contributed by atoms with E-state index in [1.165, 1.54) is 24.3 Å². The number of Topliss-reactive ketones (excluding diaryl/α,β-unsaturated/α-hetero) is 1. The topological polar surface area (TPSA) is 85.3 Å². The third-order valence-electron chi connectivity index (χ3n) is 2.05. The van der Waals surface area contributed by atoms with Crippen LogP contribution < -0.4 is 0 Å². The van der Waals surface area contributed by atoms with Gasteiger partial charge in [-0.3, -0.25) is 4.79 Å². The first-order valence-corrected chi connectivity index (χ1v) is 8.52. The molecule has 0 aliphatic heterocycles. The van der Waals surface area contributed by atoms with Crippen LogP contribution in [-0.2, 0) is 19.7 Å². The van der Waals surface area contributed by atoms with Crippen LogP contribution in [0.5, 0.6) is 0 Å². The quantitative estimate of drug-likeness (QED) is 0.738. The molecule has 17 heavy (non-hydrogen) atoms. The number of carbonyl (C=O) groups is 1. The largest absolute Gasteiger partial charge is 0.292 e. The summed E-state index contributed by atoms with van der Waals surface area (Å²) in [4.78, 5) is 11.9. The molecular weight excluding hydrogens is 264 g/mol. The van der Waals surface area contributed by atoms with E-state index in [2.05, 4.69) is 0 Å². The molecule has 94 valence electrons. The van der Waals surface area contributed by atoms with E-state index in [9.17, 15) is 21.6 Å². The van der Waals surface area contributed by atoms with Crippen LogP contribution in [0.25, 0.3) is 0 Å². The number of rotatable bonds is 4. The van der Waals surface area contributed by atoms with Crippen molar-refractivity contribution in [1.82, 2.24) is 0 Å². The van der Waals surface area contributed by atoms with Crippen LogP contribution in [-0.4, -0.2) is 39.7 Å². The maximum Gasteiger partial charge on any atom is 0.224 e. The number of carbonyl (C=O) groups excluding carboxylic acids is 1. The smallest absolute Gasteiger partial charge is 0.224 e. The molecule has 0 radical (unpaired) electrons. The Hall–Kier alpha value is -1.21. The van der Waals surface area contributed by atoms with Crippen LogP contribution in [0.3, 0.4) is 0 Å². The van der Waals surface area contributed by atoms with Gasteiger partial charge in [-0.25, -0.2) is 16.8 Å². The minimum Gasteiger partial charge on any atom is -0.292 e. The molecule has 7 heteroatoms. The van der Waals surface area contributed by atoms with Crippen LogP contribution >= 0.6 is 0 Å². The lowest BCUT2D eigenvalue weighted by atomic mass is 10.1. The molecule has 0 aliphatic carbocycles. The van der Waals surface area contributed by atoms with E-state index in [1.54, 1.807) is 6.07 Å². The molecule has 0 bridgehead atoms. The summed E-state index contributed by atoms with van der Waals surface area (Å²) in [6.07, 6.45) is 1.47. The van der Waals surface area contributed by atoms with E-state index in [0.29, 0.717) is 0 Å². The fourth-order valence-electron chi connectivity index (χ4n) is 1.44. The van der Waals surface area contributed by atoms with Crippen LogP contribution in [0.15, 0.2) is 30.3 Å². The second kappa shape index (κ2) is 4.58. The van der Waals surface area contributed by atoms with Crippen LogP contribution in [0.2, 0.25) is 0 Å². The lowest BCUT2D eigenvalue weighted by Gasteiger charge is -2.11. The van der Waals surface area contributed by atoms with Crippen molar-refractivity contribution in [1.29, 1.82) is 0 Å². The molecule has 0 N–H and O–H groups in total. The summed E-state index contributed by atoms with van der Waals surface area (Å²) in [5.74, 6) is -0.921. The third kappa shape index (κ3) is 3.37. The fraction of sp³-hybridized carbons (Fsp3) is 0.300. The average molecular weight is 276 g/mol. The van der Waals surface area contributed by atoms with Crippen molar-refractivity contribution in [2.75, 3.05) is 12.5 Å². The zero-order chi connectivity index (χ0) is 13.3. The van der Waals surface area contributed by atoms with Gasteiger partial charge in [0.05, 0.1) is 0 Å².